The van der Waals surface area contributed by atoms with Crippen LogP contribution in [-0.4, -0.2) is 24.4 Å². The molecule has 0 bridgehead atoms. The number of hydrogen-bond acceptors (Lipinski definition) is 7. The Morgan fingerprint density at radius 3 is 2.18 bits per heavy atom. The number of non-ortho nitro benzene ring substituents is 1. The molecule has 0 saturated heterocycles. The normalized spacial score (nSPS) is 17.9. The fraction of sp³-hybridized carbons (Fsp3) is 0.0588. The quantitative estimate of drug-likeness (QED) is 0.629. The van der Waals surface area contributed by atoms with E-state index in [-0.39, 0.29) is 28.0 Å². The third-order valence-electron chi connectivity index (χ3n) is 4.68. The van der Waals surface area contributed by atoms with Crippen LogP contribution >= 0.6 is 0 Å². The summed E-state index contributed by atoms with van der Waals surface area (Å²) >= 11 is 0. The Hall–Kier alpha value is -4.28. The Morgan fingerprint density at radius 1 is 0.929 bits per heavy atom. The molecule has 11 heteroatoms. The van der Waals surface area contributed by atoms with E-state index in [0.717, 1.165) is 18.2 Å². The molecule has 0 radical (unpaired) electrons. The van der Waals surface area contributed by atoms with Gasteiger partial charge in [0.2, 0.25) is 6.04 Å². The number of aliphatic hydroxyl groups is 1. The summed E-state index contributed by atoms with van der Waals surface area (Å²) in [5.74, 6) is -0.474. The molecule has 4 rings (SSSR count). The largest absolute Gasteiger partial charge is 0.507 e. The van der Waals surface area contributed by atoms with Crippen molar-refractivity contribution in [2.24, 2.45) is 0 Å². The lowest BCUT2D eigenvalue weighted by atomic mass is 9.90. The zero-order chi connectivity index (χ0) is 20.2. The van der Waals surface area contributed by atoms with Crippen LogP contribution in [0.15, 0.2) is 65.8 Å². The van der Waals surface area contributed by atoms with Crippen molar-refractivity contribution >= 4 is 17.0 Å². The number of aliphatic hydroxyl groups excluding tert-OH is 1. The summed E-state index contributed by atoms with van der Waals surface area (Å²) in [6.07, 6.45) is 4.01. The molecule has 1 N–H and O–H groups in total. The van der Waals surface area contributed by atoms with Crippen molar-refractivity contribution in [3.05, 3.63) is 107 Å². The van der Waals surface area contributed by atoms with Gasteiger partial charge in [0.25, 0.3) is 17.1 Å². The maximum absolute atomic E-state index is 11.9. The average molecular weight is 382 g/mol. The lowest BCUT2D eigenvalue weighted by molar-refractivity contribution is -0.457. The number of allylic oxidation sites excluding steroid dienone is 3. The zero-order valence-electron chi connectivity index (χ0n) is 13.9. The monoisotopic (exact) mass is 382 g/mol. The van der Waals surface area contributed by atoms with Gasteiger partial charge in [0.05, 0.1) is 20.3 Å². The summed E-state index contributed by atoms with van der Waals surface area (Å²) < 4.78 is 1.33. The van der Waals surface area contributed by atoms with E-state index in [1.165, 1.54) is 23.0 Å². The van der Waals surface area contributed by atoms with Gasteiger partial charge in [-0.25, -0.2) is 0 Å². The lowest BCUT2D eigenvalue weighted by Crippen LogP contribution is -2.26. The van der Waals surface area contributed by atoms with E-state index in [2.05, 4.69) is 0 Å². The molecule has 1 aromatic carbocycles. The summed E-state index contributed by atoms with van der Waals surface area (Å²) in [6.45, 7) is 0. The highest BCUT2D eigenvalue weighted by atomic mass is 16.6. The van der Waals surface area contributed by atoms with E-state index in [1.54, 1.807) is 12.1 Å². The highest BCUT2D eigenvalue weighted by molar-refractivity contribution is 6.02. The molecule has 2 aromatic rings. The second-order valence-corrected chi connectivity index (χ2v) is 6.13. The number of nitro benzene ring substituents is 1. The summed E-state index contributed by atoms with van der Waals surface area (Å²) in [5.41, 5.74) is -1.15. The maximum atomic E-state index is 11.9. The van der Waals surface area contributed by atoms with E-state index < -0.39 is 38.0 Å². The van der Waals surface area contributed by atoms with Gasteiger partial charge in [0.1, 0.15) is 5.76 Å². The Bertz CT molecular complexity index is 1160. The van der Waals surface area contributed by atoms with Crippen LogP contribution < -0.4 is 0 Å². The third kappa shape index (κ3) is 2.30. The molecule has 0 aliphatic heterocycles. The van der Waals surface area contributed by atoms with Crippen LogP contribution in [0.2, 0.25) is 0 Å². The van der Waals surface area contributed by atoms with E-state index in [0.29, 0.717) is 0 Å². The van der Waals surface area contributed by atoms with Crippen molar-refractivity contribution in [3.8, 4) is 0 Å². The summed E-state index contributed by atoms with van der Waals surface area (Å²) in [5, 5.41) is 45.1. The van der Waals surface area contributed by atoms with Crippen LogP contribution in [0, 0.1) is 30.3 Å². The molecular formula is C17H10N4O7. The van der Waals surface area contributed by atoms with Gasteiger partial charge in [-0.2, -0.15) is 0 Å². The number of hydrogen-bond donors (Lipinski definition) is 1. The molecule has 0 spiro atoms. The first kappa shape index (κ1) is 17.1. The summed E-state index contributed by atoms with van der Waals surface area (Å²) in [4.78, 5) is 32.5. The maximum Gasteiger partial charge on any atom is 0.288 e. The SMILES string of the molecule is O=[N+]([O-])C1=CC2=C(O)c3cc([N+](=O)[O-])ccc3C2=C([N+](=O)[O-])C1n1cccc1. The van der Waals surface area contributed by atoms with Crippen LogP contribution in [0.4, 0.5) is 5.69 Å². The van der Waals surface area contributed by atoms with Gasteiger partial charge in [-0.3, -0.25) is 30.3 Å². The first-order valence-corrected chi connectivity index (χ1v) is 7.91. The topological polar surface area (TPSA) is 155 Å². The van der Waals surface area contributed by atoms with Crippen LogP contribution in [0.5, 0.6) is 0 Å². The predicted molar refractivity (Wildman–Crippen MR) is 95.1 cm³/mol. The molecule has 28 heavy (non-hydrogen) atoms. The molecule has 0 amide bonds. The van der Waals surface area contributed by atoms with Gasteiger partial charge in [-0.15, -0.1) is 0 Å². The number of fused-ring (bicyclic) bond motifs is 3. The van der Waals surface area contributed by atoms with Crippen LogP contribution in [0.25, 0.3) is 11.3 Å². The average Bonchev–Trinajstić information content (AvgIpc) is 3.27. The third-order valence-corrected chi connectivity index (χ3v) is 4.68. The minimum absolute atomic E-state index is 0.0108. The van der Waals surface area contributed by atoms with Gasteiger partial charge in [-0.05, 0) is 18.2 Å². The number of nitro groups is 3. The van der Waals surface area contributed by atoms with Crippen molar-refractivity contribution in [1.82, 2.24) is 4.57 Å². The lowest BCUT2D eigenvalue weighted by Gasteiger charge is -2.20. The minimum atomic E-state index is -1.33. The van der Waals surface area contributed by atoms with Crippen LogP contribution in [0.3, 0.4) is 0 Å². The Kier molecular flexibility index (Phi) is 3.60. The van der Waals surface area contributed by atoms with Gasteiger partial charge >= 0.3 is 0 Å². The molecule has 2 aliphatic carbocycles. The minimum Gasteiger partial charge on any atom is -0.507 e. The number of aromatic nitrogens is 1. The Morgan fingerprint density at radius 2 is 1.61 bits per heavy atom. The van der Waals surface area contributed by atoms with Crippen LogP contribution in [0.1, 0.15) is 17.2 Å². The first-order chi connectivity index (χ1) is 13.3. The molecule has 2 aliphatic rings. The first-order valence-electron chi connectivity index (χ1n) is 7.91. The van der Waals surface area contributed by atoms with Gasteiger partial charge in [0.15, 0.2) is 0 Å². The number of rotatable bonds is 4. The molecule has 1 heterocycles. The molecule has 1 aromatic heterocycles. The van der Waals surface area contributed by atoms with E-state index in [1.807, 2.05) is 0 Å². The standard InChI is InChI=1S/C17H10N4O7/c22-17-11-7-9(19(23)24)3-4-10(11)14-12(17)8-13(20(25)26)15(16(14)21(27)28)18-5-1-2-6-18/h1-8,15,22H. The predicted octanol–water partition coefficient (Wildman–Crippen LogP) is 3.08. The second kappa shape index (κ2) is 5.87. The molecule has 0 fully saturated rings. The molecule has 140 valence electrons. The van der Waals surface area contributed by atoms with Crippen LogP contribution in [-0.2, 0) is 0 Å². The van der Waals surface area contributed by atoms with E-state index >= 15 is 0 Å². The molecule has 11 nitrogen and oxygen atoms in total. The van der Waals surface area contributed by atoms with Crippen molar-refractivity contribution in [2.45, 2.75) is 6.04 Å². The van der Waals surface area contributed by atoms with Crippen molar-refractivity contribution in [1.29, 1.82) is 0 Å². The molecule has 1 unspecified atom stereocenters. The van der Waals surface area contributed by atoms with Gasteiger partial charge in [0, 0.05) is 47.3 Å². The highest BCUT2D eigenvalue weighted by Gasteiger charge is 2.48. The number of benzene rings is 1. The van der Waals surface area contributed by atoms with Gasteiger partial charge < -0.3 is 9.67 Å². The smallest absolute Gasteiger partial charge is 0.288 e. The molecule has 1 atom stereocenters. The zero-order valence-corrected chi connectivity index (χ0v) is 13.9. The fourth-order valence-electron chi connectivity index (χ4n) is 3.55. The van der Waals surface area contributed by atoms with Crippen molar-refractivity contribution in [2.75, 3.05) is 0 Å². The van der Waals surface area contributed by atoms with E-state index in [9.17, 15) is 35.4 Å². The fourth-order valence-corrected chi connectivity index (χ4v) is 3.55. The summed E-state index contributed by atoms with van der Waals surface area (Å²) in [6, 6.07) is 5.38. The van der Waals surface area contributed by atoms with Crippen molar-refractivity contribution in [3.63, 3.8) is 0 Å². The highest BCUT2D eigenvalue weighted by Crippen LogP contribution is 2.50. The summed E-state index contributed by atoms with van der Waals surface area (Å²) in [7, 11) is 0. The Balaban J connectivity index is 2.07. The van der Waals surface area contributed by atoms with Crippen molar-refractivity contribution < 1.29 is 19.9 Å². The van der Waals surface area contributed by atoms with E-state index in [4.69, 9.17) is 0 Å². The Labute approximate surface area is 155 Å². The van der Waals surface area contributed by atoms with Gasteiger partial charge in [-0.1, -0.05) is 0 Å². The molecular weight excluding hydrogens is 372 g/mol. The second-order valence-electron chi connectivity index (χ2n) is 6.13. The number of nitrogens with zero attached hydrogens (tertiary/aromatic N) is 4. The molecule has 0 saturated carbocycles.